The monoisotopic (exact) mass is 432 g/mol. The standard InChI is InChI=1S/C18H19F3N2O5S/c1-12-16(29(25,26)23-8-4-5-9-23)10-15(28-12)17(24)22-13-6-2-3-7-14(13)27-11-18(19,20)21/h2-3,6-7,10H,4-5,8-9,11H2,1H3,(H,22,24). The first-order valence-corrected chi connectivity index (χ1v) is 10.2. The molecule has 1 aliphatic heterocycles. The highest BCUT2D eigenvalue weighted by atomic mass is 32.2. The van der Waals surface area contributed by atoms with Crippen molar-refractivity contribution >= 4 is 21.6 Å². The zero-order valence-electron chi connectivity index (χ0n) is 15.5. The number of carbonyl (C=O) groups excluding carboxylic acids is 1. The van der Waals surface area contributed by atoms with Crippen LogP contribution >= 0.6 is 0 Å². The lowest BCUT2D eigenvalue weighted by atomic mass is 10.3. The number of nitrogens with one attached hydrogen (secondary N) is 1. The van der Waals surface area contributed by atoms with Crippen LogP contribution in [0.4, 0.5) is 18.9 Å². The van der Waals surface area contributed by atoms with Gasteiger partial charge in [-0.2, -0.15) is 17.5 Å². The molecule has 1 aliphatic rings. The number of alkyl halides is 3. The van der Waals surface area contributed by atoms with Gasteiger partial charge in [0.1, 0.15) is 16.4 Å². The van der Waals surface area contributed by atoms with Gasteiger partial charge < -0.3 is 14.5 Å². The molecule has 1 N–H and O–H groups in total. The topological polar surface area (TPSA) is 88.8 Å². The highest BCUT2D eigenvalue weighted by Crippen LogP contribution is 2.29. The molecule has 0 atom stereocenters. The number of anilines is 1. The largest absolute Gasteiger partial charge is 0.482 e. The molecule has 0 spiro atoms. The van der Waals surface area contributed by atoms with Crippen LogP contribution in [-0.2, 0) is 10.0 Å². The smallest absolute Gasteiger partial charge is 0.422 e. The average molecular weight is 432 g/mol. The lowest BCUT2D eigenvalue weighted by molar-refractivity contribution is -0.153. The van der Waals surface area contributed by atoms with E-state index in [4.69, 9.17) is 9.15 Å². The molecule has 0 radical (unpaired) electrons. The number of halogens is 3. The number of hydrogen-bond acceptors (Lipinski definition) is 5. The second-order valence-electron chi connectivity index (χ2n) is 6.50. The number of furan rings is 1. The van der Waals surface area contributed by atoms with Crippen LogP contribution in [0.5, 0.6) is 5.75 Å². The Bertz CT molecular complexity index is 995. The zero-order chi connectivity index (χ0) is 21.2. The number of carbonyl (C=O) groups is 1. The Kier molecular flexibility index (Phi) is 5.90. The number of aryl methyl sites for hydroxylation is 1. The lowest BCUT2D eigenvalue weighted by Gasteiger charge is -2.14. The Morgan fingerprint density at radius 1 is 1.24 bits per heavy atom. The summed E-state index contributed by atoms with van der Waals surface area (Å²) in [5, 5.41) is 2.39. The summed E-state index contributed by atoms with van der Waals surface area (Å²) < 4.78 is 73.9. The van der Waals surface area contributed by atoms with Crippen LogP contribution in [0.1, 0.15) is 29.2 Å². The van der Waals surface area contributed by atoms with Gasteiger partial charge in [-0.25, -0.2) is 8.42 Å². The van der Waals surface area contributed by atoms with Crippen LogP contribution in [0.15, 0.2) is 39.6 Å². The van der Waals surface area contributed by atoms with Crippen molar-refractivity contribution in [3.05, 3.63) is 41.9 Å². The fraction of sp³-hybridized carbons (Fsp3) is 0.389. The molecule has 1 saturated heterocycles. The van der Waals surface area contributed by atoms with Crippen molar-refractivity contribution in [2.24, 2.45) is 0 Å². The van der Waals surface area contributed by atoms with Gasteiger partial charge in [0, 0.05) is 19.2 Å². The lowest BCUT2D eigenvalue weighted by Crippen LogP contribution is -2.28. The van der Waals surface area contributed by atoms with E-state index in [0.717, 1.165) is 18.9 Å². The van der Waals surface area contributed by atoms with Crippen molar-refractivity contribution < 1.29 is 35.5 Å². The molecule has 1 aromatic carbocycles. The van der Waals surface area contributed by atoms with Crippen molar-refractivity contribution in [1.29, 1.82) is 0 Å². The maximum absolute atomic E-state index is 12.7. The van der Waals surface area contributed by atoms with E-state index in [1.165, 1.54) is 35.5 Å². The predicted molar refractivity (Wildman–Crippen MR) is 97.4 cm³/mol. The molecular formula is C18H19F3N2O5S. The van der Waals surface area contributed by atoms with Gasteiger partial charge in [-0.05, 0) is 31.9 Å². The van der Waals surface area contributed by atoms with Crippen molar-refractivity contribution in [3.8, 4) is 5.75 Å². The average Bonchev–Trinajstić information content (AvgIpc) is 3.30. The second kappa shape index (κ2) is 8.07. The Hall–Kier alpha value is -2.53. The summed E-state index contributed by atoms with van der Waals surface area (Å²) >= 11 is 0. The van der Waals surface area contributed by atoms with E-state index in [1.54, 1.807) is 0 Å². The third-order valence-electron chi connectivity index (χ3n) is 4.31. The van der Waals surface area contributed by atoms with Gasteiger partial charge in [0.15, 0.2) is 12.4 Å². The molecule has 3 rings (SSSR count). The maximum Gasteiger partial charge on any atom is 0.422 e. The van der Waals surface area contributed by atoms with Gasteiger partial charge in [-0.15, -0.1) is 0 Å². The summed E-state index contributed by atoms with van der Waals surface area (Å²) in [6, 6.07) is 6.72. The van der Waals surface area contributed by atoms with Gasteiger partial charge in [-0.3, -0.25) is 4.79 Å². The highest BCUT2D eigenvalue weighted by Gasteiger charge is 2.32. The minimum atomic E-state index is -4.53. The third-order valence-corrected chi connectivity index (χ3v) is 6.31. The molecule has 1 aromatic heterocycles. The van der Waals surface area contributed by atoms with Gasteiger partial charge in [0.05, 0.1) is 5.69 Å². The minimum Gasteiger partial charge on any atom is -0.482 e. The SMILES string of the molecule is Cc1oc(C(=O)Nc2ccccc2OCC(F)(F)F)cc1S(=O)(=O)N1CCCC1. The Labute approximate surface area is 165 Å². The third kappa shape index (κ3) is 4.91. The molecule has 0 unspecified atom stereocenters. The minimum absolute atomic E-state index is 0.000229. The first-order valence-electron chi connectivity index (χ1n) is 8.78. The van der Waals surface area contributed by atoms with E-state index >= 15 is 0 Å². The number of sulfonamides is 1. The van der Waals surface area contributed by atoms with Crippen LogP contribution in [0.2, 0.25) is 0 Å². The van der Waals surface area contributed by atoms with Crippen molar-refractivity contribution in [1.82, 2.24) is 4.31 Å². The first kappa shape index (κ1) is 21.2. The number of benzene rings is 1. The molecular weight excluding hydrogens is 413 g/mol. The molecule has 1 amide bonds. The van der Waals surface area contributed by atoms with Gasteiger partial charge >= 0.3 is 6.18 Å². The maximum atomic E-state index is 12.7. The van der Waals surface area contributed by atoms with Crippen molar-refractivity contribution in [2.45, 2.75) is 30.8 Å². The van der Waals surface area contributed by atoms with Crippen LogP contribution in [-0.4, -0.2) is 44.5 Å². The van der Waals surface area contributed by atoms with Crippen LogP contribution in [0, 0.1) is 6.92 Å². The molecule has 29 heavy (non-hydrogen) atoms. The van der Waals surface area contributed by atoms with Crippen LogP contribution in [0.3, 0.4) is 0 Å². The molecule has 0 aliphatic carbocycles. The normalized spacial score (nSPS) is 15.4. The Balaban J connectivity index is 1.79. The van der Waals surface area contributed by atoms with E-state index in [2.05, 4.69) is 5.32 Å². The molecule has 11 heteroatoms. The quantitative estimate of drug-likeness (QED) is 0.754. The fourth-order valence-corrected chi connectivity index (χ4v) is 4.62. The number of para-hydroxylation sites is 2. The Morgan fingerprint density at radius 3 is 2.55 bits per heavy atom. The summed E-state index contributed by atoms with van der Waals surface area (Å²) in [5.74, 6) is -1.19. The van der Waals surface area contributed by atoms with Crippen LogP contribution in [0.25, 0.3) is 0 Å². The predicted octanol–water partition coefficient (Wildman–Crippen LogP) is 3.57. The van der Waals surface area contributed by atoms with Gasteiger partial charge in [-0.1, -0.05) is 12.1 Å². The summed E-state index contributed by atoms with van der Waals surface area (Å²) in [7, 11) is -3.78. The van der Waals surface area contributed by atoms with E-state index in [0.29, 0.717) is 13.1 Å². The number of amides is 1. The molecule has 0 bridgehead atoms. The summed E-state index contributed by atoms with van der Waals surface area (Å²) in [6.45, 7) is 0.717. The number of rotatable bonds is 6. The molecule has 2 heterocycles. The van der Waals surface area contributed by atoms with E-state index in [9.17, 15) is 26.4 Å². The van der Waals surface area contributed by atoms with E-state index < -0.39 is 28.7 Å². The fourth-order valence-electron chi connectivity index (χ4n) is 2.94. The molecule has 1 fully saturated rings. The molecule has 158 valence electrons. The number of nitrogens with zero attached hydrogens (tertiary/aromatic N) is 1. The van der Waals surface area contributed by atoms with Crippen molar-refractivity contribution in [3.63, 3.8) is 0 Å². The number of ether oxygens (including phenoxy) is 1. The highest BCUT2D eigenvalue weighted by molar-refractivity contribution is 7.89. The first-order chi connectivity index (χ1) is 13.6. The molecule has 2 aromatic rings. The molecule has 0 saturated carbocycles. The summed E-state index contributed by atoms with van der Waals surface area (Å²) in [6.07, 6.45) is -3.01. The van der Waals surface area contributed by atoms with Gasteiger partial charge in [0.2, 0.25) is 10.0 Å². The van der Waals surface area contributed by atoms with Crippen LogP contribution < -0.4 is 10.1 Å². The Morgan fingerprint density at radius 2 is 1.90 bits per heavy atom. The van der Waals surface area contributed by atoms with E-state index in [-0.39, 0.29) is 27.9 Å². The number of hydrogen-bond donors (Lipinski definition) is 1. The summed E-state index contributed by atoms with van der Waals surface area (Å²) in [5.41, 5.74) is -0.000229. The molecule has 7 nitrogen and oxygen atoms in total. The zero-order valence-corrected chi connectivity index (χ0v) is 16.3. The van der Waals surface area contributed by atoms with Crippen molar-refractivity contribution in [2.75, 3.05) is 25.0 Å². The van der Waals surface area contributed by atoms with E-state index in [1.807, 2.05) is 0 Å². The van der Waals surface area contributed by atoms with Gasteiger partial charge in [0.25, 0.3) is 5.91 Å². The second-order valence-corrected chi connectivity index (χ2v) is 8.40. The summed E-state index contributed by atoms with van der Waals surface area (Å²) in [4.78, 5) is 12.4.